The van der Waals surface area contributed by atoms with Crippen molar-refractivity contribution in [3.63, 3.8) is 0 Å². The maximum absolute atomic E-state index is 8.77. The van der Waals surface area contributed by atoms with Crippen LogP contribution >= 0.6 is 0 Å². The van der Waals surface area contributed by atoms with Crippen LogP contribution in [-0.4, -0.2) is 36.1 Å². The van der Waals surface area contributed by atoms with Crippen molar-refractivity contribution in [2.24, 2.45) is 5.92 Å². The Morgan fingerprint density at radius 3 is 2.23 bits per heavy atom. The Bertz CT molecular complexity index is 117. The van der Waals surface area contributed by atoms with E-state index < -0.39 is 0 Å². The normalized spacial score (nSPS) is 19.6. The summed E-state index contributed by atoms with van der Waals surface area (Å²) in [6.45, 7) is 0.540. The van der Waals surface area contributed by atoms with Crippen LogP contribution in [0.15, 0.2) is 0 Å². The van der Waals surface area contributed by atoms with Crippen molar-refractivity contribution in [2.75, 3.05) is 19.8 Å². The van der Waals surface area contributed by atoms with E-state index in [1.165, 1.54) is 32.1 Å². The molecule has 13 heavy (non-hydrogen) atoms. The molecule has 1 fully saturated rings. The average molecular weight is 188 g/mol. The summed E-state index contributed by atoms with van der Waals surface area (Å²) in [5, 5.41) is 17.5. The second kappa shape index (κ2) is 6.35. The molecule has 3 heteroatoms. The number of hydrogen-bond acceptors (Lipinski definition) is 3. The third kappa shape index (κ3) is 4.07. The molecule has 0 bridgehead atoms. The number of rotatable bonds is 5. The Kier molecular flexibility index (Phi) is 5.35. The van der Waals surface area contributed by atoms with Crippen LogP contribution in [0, 0.1) is 5.92 Å². The van der Waals surface area contributed by atoms with E-state index in [1.807, 2.05) is 0 Å². The molecule has 0 aromatic carbocycles. The van der Waals surface area contributed by atoms with Gasteiger partial charge in [-0.2, -0.15) is 0 Å². The van der Waals surface area contributed by atoms with Crippen molar-refractivity contribution >= 4 is 0 Å². The van der Waals surface area contributed by atoms with Crippen LogP contribution in [0.1, 0.15) is 32.1 Å². The molecule has 78 valence electrons. The Hall–Kier alpha value is -0.120. The average Bonchev–Trinajstić information content (AvgIpc) is 2.21. The van der Waals surface area contributed by atoms with Crippen LogP contribution in [0.2, 0.25) is 0 Å². The third-order valence-corrected chi connectivity index (χ3v) is 2.70. The number of hydrogen-bond donors (Lipinski definition) is 2. The van der Waals surface area contributed by atoms with Gasteiger partial charge in [-0.1, -0.05) is 19.3 Å². The van der Waals surface area contributed by atoms with Gasteiger partial charge in [0, 0.05) is 6.61 Å². The Labute approximate surface area is 79.7 Å². The van der Waals surface area contributed by atoms with Gasteiger partial charge in [0.05, 0.1) is 13.2 Å². The molecule has 0 heterocycles. The molecule has 0 spiro atoms. The van der Waals surface area contributed by atoms with Crippen molar-refractivity contribution in [3.8, 4) is 0 Å². The summed E-state index contributed by atoms with van der Waals surface area (Å²) in [5.41, 5.74) is 0. The number of ether oxygens (including phenoxy) is 1. The number of aliphatic hydroxyl groups excluding tert-OH is 2. The lowest BCUT2D eigenvalue weighted by Gasteiger charge is -2.23. The summed E-state index contributed by atoms with van der Waals surface area (Å²) in [6, 6.07) is 0. The minimum absolute atomic E-state index is 0.0801. The van der Waals surface area contributed by atoms with Crippen molar-refractivity contribution < 1.29 is 14.9 Å². The Morgan fingerprint density at radius 1 is 1.08 bits per heavy atom. The molecule has 0 saturated heterocycles. The molecule has 1 aliphatic rings. The highest BCUT2D eigenvalue weighted by Crippen LogP contribution is 2.23. The van der Waals surface area contributed by atoms with Gasteiger partial charge in [-0.15, -0.1) is 0 Å². The van der Waals surface area contributed by atoms with Crippen LogP contribution in [0.4, 0.5) is 0 Å². The van der Waals surface area contributed by atoms with Gasteiger partial charge < -0.3 is 14.9 Å². The van der Waals surface area contributed by atoms with E-state index in [0.29, 0.717) is 12.5 Å². The molecule has 1 aliphatic carbocycles. The van der Waals surface area contributed by atoms with Crippen LogP contribution in [0.25, 0.3) is 0 Å². The van der Waals surface area contributed by atoms with Gasteiger partial charge in [-0.05, 0) is 18.8 Å². The third-order valence-electron chi connectivity index (χ3n) is 2.70. The van der Waals surface area contributed by atoms with Crippen molar-refractivity contribution in [2.45, 2.75) is 38.2 Å². The molecule has 3 nitrogen and oxygen atoms in total. The van der Waals surface area contributed by atoms with Crippen molar-refractivity contribution in [1.82, 2.24) is 0 Å². The summed E-state index contributed by atoms with van der Waals surface area (Å²) in [4.78, 5) is 0. The van der Waals surface area contributed by atoms with Gasteiger partial charge in [0.2, 0.25) is 0 Å². The zero-order chi connectivity index (χ0) is 9.52. The summed E-state index contributed by atoms with van der Waals surface area (Å²) in [5.74, 6) is 0.648. The van der Waals surface area contributed by atoms with E-state index in [9.17, 15) is 0 Å². The van der Waals surface area contributed by atoms with Crippen molar-refractivity contribution in [3.05, 3.63) is 0 Å². The SMILES string of the molecule is OCC(CO)OCC1CCCCC1. The maximum atomic E-state index is 8.77. The Morgan fingerprint density at radius 2 is 1.69 bits per heavy atom. The minimum atomic E-state index is -0.373. The highest BCUT2D eigenvalue weighted by atomic mass is 16.5. The van der Waals surface area contributed by atoms with E-state index in [1.54, 1.807) is 0 Å². The van der Waals surface area contributed by atoms with Crippen LogP contribution in [0.3, 0.4) is 0 Å². The summed E-state index contributed by atoms with van der Waals surface area (Å²) in [6.07, 6.45) is 6.06. The minimum Gasteiger partial charge on any atom is -0.394 e. The fourth-order valence-electron chi connectivity index (χ4n) is 1.79. The first-order valence-electron chi connectivity index (χ1n) is 5.20. The summed E-state index contributed by atoms with van der Waals surface area (Å²) in [7, 11) is 0. The van der Waals surface area contributed by atoms with E-state index in [2.05, 4.69) is 0 Å². The first-order valence-corrected chi connectivity index (χ1v) is 5.20. The Balaban J connectivity index is 2.09. The molecule has 2 N–H and O–H groups in total. The molecule has 1 rings (SSSR count). The second-order valence-corrected chi connectivity index (χ2v) is 3.82. The van der Waals surface area contributed by atoms with Crippen LogP contribution in [-0.2, 0) is 4.74 Å². The lowest BCUT2D eigenvalue weighted by atomic mass is 9.90. The second-order valence-electron chi connectivity index (χ2n) is 3.82. The topological polar surface area (TPSA) is 49.7 Å². The van der Waals surface area contributed by atoms with Crippen molar-refractivity contribution in [1.29, 1.82) is 0 Å². The standard InChI is InChI=1S/C10H20O3/c11-6-10(7-12)13-8-9-4-2-1-3-5-9/h9-12H,1-8H2. The highest BCUT2D eigenvalue weighted by molar-refractivity contribution is 4.66. The molecular weight excluding hydrogens is 168 g/mol. The lowest BCUT2D eigenvalue weighted by molar-refractivity contribution is -0.0374. The largest absolute Gasteiger partial charge is 0.394 e. The highest BCUT2D eigenvalue weighted by Gasteiger charge is 2.15. The van der Waals surface area contributed by atoms with Gasteiger partial charge >= 0.3 is 0 Å². The van der Waals surface area contributed by atoms with E-state index in [-0.39, 0.29) is 19.3 Å². The molecule has 0 aromatic heterocycles. The van der Waals surface area contributed by atoms with Gasteiger partial charge in [-0.25, -0.2) is 0 Å². The summed E-state index contributed by atoms with van der Waals surface area (Å²) < 4.78 is 5.38. The fourth-order valence-corrected chi connectivity index (χ4v) is 1.79. The monoisotopic (exact) mass is 188 g/mol. The molecule has 1 saturated carbocycles. The quantitative estimate of drug-likeness (QED) is 0.675. The zero-order valence-electron chi connectivity index (χ0n) is 8.11. The van der Waals surface area contributed by atoms with Crippen LogP contribution in [0.5, 0.6) is 0 Å². The van der Waals surface area contributed by atoms with E-state index in [0.717, 1.165) is 0 Å². The summed E-state index contributed by atoms with van der Waals surface area (Å²) >= 11 is 0. The molecule has 0 aromatic rings. The first kappa shape index (κ1) is 11.0. The van der Waals surface area contributed by atoms with E-state index >= 15 is 0 Å². The van der Waals surface area contributed by atoms with Gasteiger partial charge in [-0.3, -0.25) is 0 Å². The van der Waals surface area contributed by atoms with Gasteiger partial charge in [0.25, 0.3) is 0 Å². The molecule has 0 atom stereocenters. The number of aliphatic hydroxyl groups is 2. The fraction of sp³-hybridized carbons (Fsp3) is 1.00. The lowest BCUT2D eigenvalue weighted by Crippen LogP contribution is -2.25. The first-order chi connectivity index (χ1) is 6.36. The van der Waals surface area contributed by atoms with Crippen LogP contribution < -0.4 is 0 Å². The van der Waals surface area contributed by atoms with Gasteiger partial charge in [0.1, 0.15) is 6.10 Å². The molecule has 0 unspecified atom stereocenters. The molecule has 0 aliphatic heterocycles. The molecule has 0 radical (unpaired) electrons. The van der Waals surface area contributed by atoms with Gasteiger partial charge in [0.15, 0.2) is 0 Å². The smallest absolute Gasteiger partial charge is 0.104 e. The predicted octanol–water partition coefficient (Wildman–Crippen LogP) is 0.936. The zero-order valence-corrected chi connectivity index (χ0v) is 8.11. The molecular formula is C10H20O3. The predicted molar refractivity (Wildman–Crippen MR) is 50.5 cm³/mol. The van der Waals surface area contributed by atoms with E-state index in [4.69, 9.17) is 14.9 Å². The maximum Gasteiger partial charge on any atom is 0.104 e. The molecule has 0 amide bonds.